The normalized spacial score (nSPS) is 12.9. The van der Waals surface area contributed by atoms with Crippen molar-refractivity contribution in [3.63, 3.8) is 0 Å². The van der Waals surface area contributed by atoms with E-state index in [-0.39, 0.29) is 11.8 Å². The van der Waals surface area contributed by atoms with Gasteiger partial charge in [0.15, 0.2) is 0 Å². The fraction of sp³-hybridized carbons (Fsp3) is 0.941. The molecule has 0 aliphatic heterocycles. The topological polar surface area (TPSA) is 61.4 Å². The summed E-state index contributed by atoms with van der Waals surface area (Å²) in [6, 6.07) is 0. The summed E-state index contributed by atoms with van der Waals surface area (Å²) in [6.07, 6.45) is 27.1. The molecule has 0 aliphatic carbocycles. The van der Waals surface area contributed by atoms with Gasteiger partial charge in [0.25, 0.3) is 0 Å². The first kappa shape index (κ1) is 43.3. The van der Waals surface area contributed by atoms with Gasteiger partial charge in [-0.1, -0.05) is 125 Å². The Morgan fingerprint density at radius 2 is 0.977 bits per heavy atom. The van der Waals surface area contributed by atoms with Crippen LogP contribution in [0.5, 0.6) is 0 Å². The van der Waals surface area contributed by atoms with Gasteiger partial charge in [-0.15, -0.1) is 0 Å². The molecule has 0 aromatic heterocycles. The Morgan fingerprint density at radius 3 is 1.40 bits per heavy atom. The fourth-order valence-electron chi connectivity index (χ4n) is 5.16. The van der Waals surface area contributed by atoms with E-state index in [2.05, 4.69) is 52.4 Å². The molecule has 0 aliphatic rings. The number of nitrogens with one attached hydrogen (secondary N) is 2. The second kappa shape index (κ2) is 32.2. The van der Waals surface area contributed by atoms with Crippen LogP contribution >= 0.6 is 44.5 Å². The van der Waals surface area contributed by atoms with Gasteiger partial charge in [-0.3, -0.25) is 12.3 Å². The zero-order chi connectivity index (χ0) is 31.9. The molecule has 2 N–H and O–H groups in total. The smallest absolute Gasteiger partial charge is 0.248 e. The van der Waals surface area contributed by atoms with Gasteiger partial charge in [-0.05, 0) is 39.9 Å². The summed E-state index contributed by atoms with van der Waals surface area (Å²) < 4.78 is 0.989. The molecule has 43 heavy (non-hydrogen) atoms. The number of hydrogen-bond donors (Lipinski definition) is 2. The van der Waals surface area contributed by atoms with Gasteiger partial charge in [0.1, 0.15) is 0 Å². The number of quaternary nitrogens is 1. The largest absolute Gasteiger partial charge is 0.355 e. The van der Waals surface area contributed by atoms with Crippen LogP contribution in [0, 0.1) is 0 Å². The molecule has 0 bridgehead atoms. The first-order valence-electron chi connectivity index (χ1n) is 17.7. The van der Waals surface area contributed by atoms with Crippen LogP contribution in [-0.4, -0.2) is 84.8 Å². The van der Waals surface area contributed by atoms with E-state index in [1.54, 1.807) is 21.6 Å². The van der Waals surface area contributed by atoms with Crippen molar-refractivity contribution in [2.24, 2.45) is 0 Å². The first-order valence-corrected chi connectivity index (χ1v) is 21.2. The highest BCUT2D eigenvalue weighted by Gasteiger charge is 2.18. The lowest BCUT2D eigenvalue weighted by Crippen LogP contribution is -2.35. The number of halogens is 1. The molecule has 0 saturated heterocycles. The highest BCUT2D eigenvalue weighted by molar-refractivity contribution is 14.1. The van der Waals surface area contributed by atoms with Gasteiger partial charge >= 0.3 is 0 Å². The van der Waals surface area contributed by atoms with Crippen molar-refractivity contribution in [1.82, 2.24) is 15.5 Å². The van der Waals surface area contributed by atoms with Crippen LogP contribution in [-0.2, 0) is 9.59 Å². The number of amides is 2. The minimum atomic E-state index is 0.140. The van der Waals surface area contributed by atoms with Crippen LogP contribution in [0.2, 0.25) is 0 Å². The van der Waals surface area contributed by atoms with Crippen LogP contribution < -0.4 is 10.6 Å². The molecule has 1 unspecified atom stereocenters. The number of carbonyl (C=O) groups excluding carboxylic acids is 2. The van der Waals surface area contributed by atoms with E-state index in [0.717, 1.165) is 40.1 Å². The maximum atomic E-state index is 12.2. The van der Waals surface area contributed by atoms with Crippen molar-refractivity contribution in [3.05, 3.63) is 0 Å². The number of carbonyl (C=O) groups is 2. The zero-order valence-electron chi connectivity index (χ0n) is 28.7. The standard InChI is InChI=1S/C34H69IN4O2S2/c1-5-6-7-8-9-10-11-12-13-14-15-16-17-18-19-20-21-29-39(4,35)30-23-25-34(41)37-27-32-43-42-31-26-36-33(40)24-22-28-38(2)3/h5-32H2,1-4H3,(H-,36,37,40,41)/p+1. The minimum Gasteiger partial charge on any atom is -0.355 e. The second-order valence-electron chi connectivity index (χ2n) is 12.7. The van der Waals surface area contributed by atoms with Crippen molar-refractivity contribution in [1.29, 1.82) is 0 Å². The molecule has 0 aromatic carbocycles. The minimum absolute atomic E-state index is 0.140. The summed E-state index contributed by atoms with van der Waals surface area (Å²) in [5.74, 6) is 2.10. The van der Waals surface area contributed by atoms with Crippen LogP contribution in [0.3, 0.4) is 0 Å². The summed E-state index contributed by atoms with van der Waals surface area (Å²) in [5, 5.41) is 6.03. The Bertz CT molecular complexity index is 642. The SMILES string of the molecule is CCCCCCCCCCCCCCCCCCC[N+](C)(I)CCCC(=O)NCCSSCCNC(=O)CCCN(C)C. The third-order valence-electron chi connectivity index (χ3n) is 7.86. The summed E-state index contributed by atoms with van der Waals surface area (Å²) in [4.78, 5) is 26.1. The Balaban J connectivity index is 3.45. The van der Waals surface area contributed by atoms with Crippen molar-refractivity contribution >= 4 is 56.3 Å². The molecule has 0 heterocycles. The van der Waals surface area contributed by atoms with E-state index in [1.165, 1.54) is 116 Å². The number of hydrogen-bond acceptors (Lipinski definition) is 5. The highest BCUT2D eigenvalue weighted by Crippen LogP contribution is 2.20. The average molecular weight is 758 g/mol. The third kappa shape index (κ3) is 35.0. The van der Waals surface area contributed by atoms with Gasteiger partial charge in [0, 0.05) is 43.9 Å². The van der Waals surface area contributed by atoms with E-state index < -0.39 is 0 Å². The van der Waals surface area contributed by atoms with Crippen molar-refractivity contribution in [2.45, 2.75) is 142 Å². The molecule has 256 valence electrons. The van der Waals surface area contributed by atoms with Crippen LogP contribution in [0.15, 0.2) is 0 Å². The number of nitrogens with zero attached hydrogens (tertiary/aromatic N) is 2. The molecule has 9 heteroatoms. The lowest BCUT2D eigenvalue weighted by molar-refractivity contribution is -0.731. The van der Waals surface area contributed by atoms with Gasteiger partial charge in [-0.25, -0.2) is 0 Å². The highest BCUT2D eigenvalue weighted by atomic mass is 127. The summed E-state index contributed by atoms with van der Waals surface area (Å²) in [5.41, 5.74) is 0. The fourth-order valence-corrected chi connectivity index (χ4v) is 7.66. The molecule has 0 aromatic rings. The molecule has 0 fully saturated rings. The lowest BCUT2D eigenvalue weighted by Gasteiger charge is -2.25. The monoisotopic (exact) mass is 757 g/mol. The predicted molar refractivity (Wildman–Crippen MR) is 202 cm³/mol. The first-order chi connectivity index (χ1) is 20.8. The molecular formula is C34H70IN4O2S2+. The molecule has 2 amide bonds. The Kier molecular flexibility index (Phi) is 32.5. The van der Waals surface area contributed by atoms with Gasteiger partial charge < -0.3 is 15.5 Å². The summed E-state index contributed by atoms with van der Waals surface area (Å²) in [6.45, 7) is 6.91. The summed E-state index contributed by atoms with van der Waals surface area (Å²) >= 11 is 2.56. The molecule has 1 atom stereocenters. The molecule has 0 spiro atoms. The number of rotatable bonds is 33. The van der Waals surface area contributed by atoms with Crippen LogP contribution in [0.1, 0.15) is 142 Å². The second-order valence-corrected chi connectivity index (χ2v) is 17.8. The molecular weight excluding hydrogens is 687 g/mol. The van der Waals surface area contributed by atoms with E-state index >= 15 is 0 Å². The third-order valence-corrected chi connectivity index (χ3v) is 11.2. The van der Waals surface area contributed by atoms with Gasteiger partial charge in [-0.2, -0.15) is 0 Å². The number of unbranched alkanes of at least 4 members (excludes halogenated alkanes) is 16. The average Bonchev–Trinajstić information content (AvgIpc) is 2.95. The quantitative estimate of drug-likeness (QED) is 0.0303. The molecule has 0 saturated carbocycles. The Morgan fingerprint density at radius 1 is 0.605 bits per heavy atom. The Labute approximate surface area is 289 Å². The van der Waals surface area contributed by atoms with Crippen molar-refractivity contribution in [3.8, 4) is 0 Å². The van der Waals surface area contributed by atoms with Crippen molar-refractivity contribution < 1.29 is 12.3 Å². The van der Waals surface area contributed by atoms with E-state index in [1.807, 2.05) is 14.1 Å². The van der Waals surface area contributed by atoms with Crippen LogP contribution in [0.25, 0.3) is 0 Å². The maximum Gasteiger partial charge on any atom is 0.248 e. The molecule has 0 rings (SSSR count). The van der Waals surface area contributed by atoms with E-state index in [4.69, 9.17) is 0 Å². The zero-order valence-corrected chi connectivity index (χ0v) is 32.5. The van der Waals surface area contributed by atoms with Crippen molar-refractivity contribution in [2.75, 3.05) is 65.4 Å². The molecule has 0 radical (unpaired) electrons. The van der Waals surface area contributed by atoms with Gasteiger partial charge in [0.05, 0.1) is 20.1 Å². The van der Waals surface area contributed by atoms with Gasteiger partial charge in [0.2, 0.25) is 34.7 Å². The summed E-state index contributed by atoms with van der Waals surface area (Å²) in [7, 11) is 9.87. The van der Waals surface area contributed by atoms with E-state index in [0.29, 0.717) is 25.9 Å². The van der Waals surface area contributed by atoms with E-state index in [9.17, 15) is 9.59 Å². The lowest BCUT2D eigenvalue weighted by atomic mass is 10.0. The maximum absolute atomic E-state index is 12.2. The van der Waals surface area contributed by atoms with Crippen LogP contribution in [0.4, 0.5) is 0 Å². The Hall–Kier alpha value is 0.290. The molecule has 6 nitrogen and oxygen atoms in total. The predicted octanol–water partition coefficient (Wildman–Crippen LogP) is 9.17.